The van der Waals surface area contributed by atoms with Crippen LogP contribution in [0.5, 0.6) is 0 Å². The predicted octanol–water partition coefficient (Wildman–Crippen LogP) is 1.85. The fourth-order valence-electron chi connectivity index (χ4n) is 2.80. The van der Waals surface area contributed by atoms with Crippen LogP contribution in [0, 0.1) is 19.3 Å². The minimum absolute atomic E-state index is 0.0710. The quantitative estimate of drug-likeness (QED) is 0.806. The lowest BCUT2D eigenvalue weighted by Crippen LogP contribution is -2.48. The van der Waals surface area contributed by atoms with Crippen molar-refractivity contribution in [3.05, 3.63) is 17.0 Å². The summed E-state index contributed by atoms with van der Waals surface area (Å²) in [6.07, 6.45) is 2.33. The van der Waals surface area contributed by atoms with E-state index in [-0.39, 0.29) is 11.9 Å². The smallest absolute Gasteiger partial charge is 0.227 e. The van der Waals surface area contributed by atoms with Gasteiger partial charge < -0.3 is 11.1 Å². The number of amides is 1. The first kappa shape index (κ1) is 17.7. The Hall–Kier alpha value is -1.36. The molecule has 1 aromatic rings. The van der Waals surface area contributed by atoms with Gasteiger partial charge in [-0.3, -0.25) is 9.48 Å². The molecule has 5 heteroatoms. The Kier molecular flexibility index (Phi) is 5.96. The molecule has 3 N–H and O–H groups in total. The highest BCUT2D eigenvalue weighted by Gasteiger charge is 2.34. The van der Waals surface area contributed by atoms with Crippen LogP contribution in [-0.4, -0.2) is 28.3 Å². The van der Waals surface area contributed by atoms with Crippen LogP contribution in [-0.2, 0) is 18.3 Å². The Bertz CT molecular complexity index is 480. The van der Waals surface area contributed by atoms with Crippen LogP contribution in [0.25, 0.3) is 0 Å². The van der Waals surface area contributed by atoms with Gasteiger partial charge in [-0.15, -0.1) is 0 Å². The number of hydrogen-bond donors (Lipinski definition) is 2. The van der Waals surface area contributed by atoms with E-state index in [9.17, 15) is 4.79 Å². The number of nitrogens with two attached hydrogens (primary N) is 1. The van der Waals surface area contributed by atoms with Crippen molar-refractivity contribution in [2.24, 2.45) is 18.2 Å². The molecule has 1 rings (SSSR count). The Morgan fingerprint density at radius 3 is 2.33 bits per heavy atom. The van der Waals surface area contributed by atoms with Crippen molar-refractivity contribution in [2.45, 2.75) is 59.9 Å². The molecule has 1 aromatic heterocycles. The first-order valence-electron chi connectivity index (χ1n) is 7.81. The van der Waals surface area contributed by atoms with Gasteiger partial charge in [0.2, 0.25) is 5.91 Å². The fraction of sp³-hybridized carbons (Fsp3) is 0.750. The standard InChI is InChI=1S/C16H30N4O/c1-7-16(8-2,10-17)15(21)18-11(3)9-14-12(4)19-20(6)13(14)5/h11H,7-10,17H2,1-6H3,(H,18,21). The SMILES string of the molecule is CCC(CC)(CN)C(=O)NC(C)Cc1c(C)nn(C)c1C. The molecule has 0 aliphatic rings. The summed E-state index contributed by atoms with van der Waals surface area (Å²) in [5, 5.41) is 7.55. The zero-order chi connectivity index (χ0) is 16.2. The van der Waals surface area contributed by atoms with Gasteiger partial charge in [0.05, 0.1) is 11.1 Å². The van der Waals surface area contributed by atoms with Gasteiger partial charge in [0.1, 0.15) is 0 Å². The average molecular weight is 294 g/mol. The summed E-state index contributed by atoms with van der Waals surface area (Å²) in [7, 11) is 1.95. The lowest BCUT2D eigenvalue weighted by Gasteiger charge is -2.30. The Balaban J connectivity index is 2.77. The second kappa shape index (κ2) is 7.07. The number of carbonyl (C=O) groups is 1. The van der Waals surface area contributed by atoms with E-state index in [1.807, 2.05) is 39.4 Å². The first-order valence-corrected chi connectivity index (χ1v) is 7.81. The van der Waals surface area contributed by atoms with Gasteiger partial charge in [0.25, 0.3) is 0 Å². The topological polar surface area (TPSA) is 72.9 Å². The second-order valence-electron chi connectivity index (χ2n) is 6.04. The van der Waals surface area contributed by atoms with Crippen LogP contribution in [0.4, 0.5) is 0 Å². The van der Waals surface area contributed by atoms with E-state index >= 15 is 0 Å². The van der Waals surface area contributed by atoms with Crippen molar-refractivity contribution >= 4 is 5.91 Å². The molecule has 0 bridgehead atoms. The zero-order valence-corrected chi connectivity index (χ0v) is 14.3. The van der Waals surface area contributed by atoms with E-state index in [1.54, 1.807) is 0 Å². The van der Waals surface area contributed by atoms with Crippen molar-refractivity contribution in [1.82, 2.24) is 15.1 Å². The third kappa shape index (κ3) is 3.64. The van der Waals surface area contributed by atoms with Crippen LogP contribution >= 0.6 is 0 Å². The van der Waals surface area contributed by atoms with Gasteiger partial charge in [0.15, 0.2) is 0 Å². The Morgan fingerprint density at radius 2 is 1.95 bits per heavy atom. The van der Waals surface area contributed by atoms with Crippen molar-refractivity contribution in [3.8, 4) is 0 Å². The van der Waals surface area contributed by atoms with Gasteiger partial charge in [-0.25, -0.2) is 0 Å². The van der Waals surface area contributed by atoms with Crippen molar-refractivity contribution in [3.63, 3.8) is 0 Å². The highest BCUT2D eigenvalue weighted by molar-refractivity contribution is 5.83. The monoisotopic (exact) mass is 294 g/mol. The average Bonchev–Trinajstić information content (AvgIpc) is 2.68. The molecule has 1 heterocycles. The summed E-state index contributed by atoms with van der Waals surface area (Å²) in [5.74, 6) is 0.0710. The number of aromatic nitrogens is 2. The molecular weight excluding hydrogens is 264 g/mol. The zero-order valence-electron chi connectivity index (χ0n) is 14.3. The predicted molar refractivity (Wildman–Crippen MR) is 86.1 cm³/mol. The molecule has 0 fully saturated rings. The van der Waals surface area contributed by atoms with Crippen molar-refractivity contribution < 1.29 is 4.79 Å². The van der Waals surface area contributed by atoms with Crippen LogP contribution in [0.15, 0.2) is 0 Å². The molecule has 1 atom stereocenters. The molecule has 0 aliphatic carbocycles. The number of carbonyl (C=O) groups excluding carboxylic acids is 1. The number of rotatable bonds is 7. The molecule has 0 saturated carbocycles. The van der Waals surface area contributed by atoms with Gasteiger partial charge in [-0.05, 0) is 45.6 Å². The van der Waals surface area contributed by atoms with Crippen molar-refractivity contribution in [2.75, 3.05) is 6.54 Å². The molecule has 0 spiro atoms. The summed E-state index contributed by atoms with van der Waals surface area (Å²) < 4.78 is 1.89. The maximum absolute atomic E-state index is 12.5. The van der Waals surface area contributed by atoms with Gasteiger partial charge >= 0.3 is 0 Å². The summed E-state index contributed by atoms with van der Waals surface area (Å²) in [4.78, 5) is 12.5. The van der Waals surface area contributed by atoms with E-state index in [0.717, 1.165) is 30.7 Å². The van der Waals surface area contributed by atoms with Crippen LogP contribution in [0.3, 0.4) is 0 Å². The molecule has 1 amide bonds. The lowest BCUT2D eigenvalue weighted by atomic mass is 9.81. The third-order valence-corrected chi connectivity index (χ3v) is 4.77. The normalized spacial score (nSPS) is 13.3. The van der Waals surface area contributed by atoms with E-state index < -0.39 is 5.41 Å². The molecule has 5 nitrogen and oxygen atoms in total. The highest BCUT2D eigenvalue weighted by Crippen LogP contribution is 2.25. The summed E-state index contributed by atoms with van der Waals surface area (Å²) in [6, 6.07) is 0.0723. The Labute approximate surface area is 128 Å². The number of nitrogens with zero attached hydrogens (tertiary/aromatic N) is 2. The van der Waals surface area contributed by atoms with E-state index in [2.05, 4.69) is 17.3 Å². The largest absolute Gasteiger partial charge is 0.353 e. The third-order valence-electron chi connectivity index (χ3n) is 4.77. The fourth-order valence-corrected chi connectivity index (χ4v) is 2.80. The number of hydrogen-bond acceptors (Lipinski definition) is 3. The van der Waals surface area contributed by atoms with Crippen LogP contribution < -0.4 is 11.1 Å². The van der Waals surface area contributed by atoms with E-state index in [0.29, 0.717) is 6.54 Å². The highest BCUT2D eigenvalue weighted by atomic mass is 16.2. The van der Waals surface area contributed by atoms with Gasteiger partial charge in [-0.1, -0.05) is 13.8 Å². The Morgan fingerprint density at radius 1 is 1.38 bits per heavy atom. The summed E-state index contributed by atoms with van der Waals surface area (Å²) in [5.41, 5.74) is 8.81. The molecule has 0 saturated heterocycles. The van der Waals surface area contributed by atoms with Gasteiger partial charge in [0, 0.05) is 25.3 Å². The molecule has 1 unspecified atom stereocenters. The maximum atomic E-state index is 12.5. The minimum Gasteiger partial charge on any atom is -0.353 e. The maximum Gasteiger partial charge on any atom is 0.227 e. The summed E-state index contributed by atoms with van der Waals surface area (Å²) >= 11 is 0. The number of nitrogens with one attached hydrogen (secondary N) is 1. The molecule has 0 aliphatic heterocycles. The van der Waals surface area contributed by atoms with Crippen LogP contribution in [0.1, 0.15) is 50.6 Å². The molecular formula is C16H30N4O. The van der Waals surface area contributed by atoms with Crippen LogP contribution in [0.2, 0.25) is 0 Å². The first-order chi connectivity index (χ1) is 9.81. The number of aryl methyl sites for hydroxylation is 2. The van der Waals surface area contributed by atoms with E-state index in [4.69, 9.17) is 5.73 Å². The summed E-state index contributed by atoms with van der Waals surface area (Å²) in [6.45, 7) is 10.6. The van der Waals surface area contributed by atoms with Crippen molar-refractivity contribution in [1.29, 1.82) is 0 Å². The molecule has 120 valence electrons. The minimum atomic E-state index is -0.437. The lowest BCUT2D eigenvalue weighted by molar-refractivity contribution is -0.131. The molecule has 21 heavy (non-hydrogen) atoms. The van der Waals surface area contributed by atoms with E-state index in [1.165, 1.54) is 5.56 Å². The molecule has 0 aromatic carbocycles. The molecule has 0 radical (unpaired) electrons. The van der Waals surface area contributed by atoms with Gasteiger partial charge in [-0.2, -0.15) is 5.10 Å². The second-order valence-corrected chi connectivity index (χ2v) is 6.04.